The van der Waals surface area contributed by atoms with E-state index in [1.54, 1.807) is 12.1 Å². The van der Waals surface area contributed by atoms with Gasteiger partial charge in [-0.3, -0.25) is 9.69 Å². The first-order valence-electron chi connectivity index (χ1n) is 12.5. The number of piperidine rings is 1. The Morgan fingerprint density at radius 3 is 2.58 bits per heavy atom. The summed E-state index contributed by atoms with van der Waals surface area (Å²) in [7, 11) is 1.99. The lowest BCUT2D eigenvalue weighted by Gasteiger charge is -2.43. The van der Waals surface area contributed by atoms with Gasteiger partial charge in [0.15, 0.2) is 0 Å². The van der Waals surface area contributed by atoms with Gasteiger partial charge in [-0.05, 0) is 56.0 Å². The normalized spacial score (nSPS) is 31.0. The molecule has 3 fully saturated rings. The maximum atomic E-state index is 13.8. The van der Waals surface area contributed by atoms with Crippen molar-refractivity contribution in [2.45, 2.75) is 76.2 Å². The van der Waals surface area contributed by atoms with Gasteiger partial charge >= 0.3 is 0 Å². The number of nitrogens with zero attached hydrogens (tertiary/aromatic N) is 2. The van der Waals surface area contributed by atoms with E-state index in [4.69, 9.17) is 0 Å². The maximum absolute atomic E-state index is 13.8. The Bertz CT molecular complexity index is 965. The van der Waals surface area contributed by atoms with Crippen molar-refractivity contribution in [3.8, 4) is 0 Å². The molecule has 2 heterocycles. The summed E-state index contributed by atoms with van der Waals surface area (Å²) in [6.07, 6.45) is 6.80. The molecule has 2 aromatic carbocycles. The summed E-state index contributed by atoms with van der Waals surface area (Å²) in [4.78, 5) is 18.1. The number of hydrogen-bond acceptors (Lipinski definition) is 3. The first-order chi connectivity index (χ1) is 15.9. The minimum absolute atomic E-state index is 0.152. The number of halogens is 1. The van der Waals surface area contributed by atoms with Crippen LogP contribution in [0.5, 0.6) is 0 Å². The fourth-order valence-corrected chi connectivity index (χ4v) is 6.76. The summed E-state index contributed by atoms with van der Waals surface area (Å²) in [6, 6.07) is 18.6. The van der Waals surface area contributed by atoms with Crippen molar-refractivity contribution in [1.82, 2.24) is 15.1 Å². The van der Waals surface area contributed by atoms with Gasteiger partial charge in [0.05, 0.1) is 6.54 Å². The number of likely N-dealkylation sites (tertiary alicyclic amines) is 1. The van der Waals surface area contributed by atoms with Crippen molar-refractivity contribution in [1.29, 1.82) is 0 Å². The molecule has 2 aliphatic heterocycles. The van der Waals surface area contributed by atoms with E-state index < -0.39 is 0 Å². The van der Waals surface area contributed by atoms with Gasteiger partial charge in [-0.15, -0.1) is 0 Å². The highest BCUT2D eigenvalue weighted by atomic mass is 19.1. The number of fused-ring (bicyclic) bond motifs is 1. The van der Waals surface area contributed by atoms with Gasteiger partial charge in [0.1, 0.15) is 5.82 Å². The number of rotatable bonds is 6. The van der Waals surface area contributed by atoms with Crippen molar-refractivity contribution < 1.29 is 9.18 Å². The molecule has 1 aliphatic carbocycles. The second kappa shape index (κ2) is 9.19. The van der Waals surface area contributed by atoms with Crippen LogP contribution in [-0.2, 0) is 17.8 Å². The molecule has 4 nitrogen and oxygen atoms in total. The molecule has 5 heteroatoms. The lowest BCUT2D eigenvalue weighted by atomic mass is 9.70. The summed E-state index contributed by atoms with van der Waals surface area (Å²) in [5.74, 6) is 0.00990. The zero-order valence-corrected chi connectivity index (χ0v) is 19.8. The first kappa shape index (κ1) is 22.5. The van der Waals surface area contributed by atoms with Crippen LogP contribution < -0.4 is 5.32 Å². The maximum Gasteiger partial charge on any atom is 0.237 e. The third-order valence-corrected chi connectivity index (χ3v) is 8.36. The molecule has 0 aromatic heterocycles. The fourth-order valence-electron chi connectivity index (χ4n) is 6.76. The molecule has 33 heavy (non-hydrogen) atoms. The number of amides is 1. The minimum atomic E-state index is -0.227. The van der Waals surface area contributed by atoms with Gasteiger partial charge < -0.3 is 10.2 Å². The molecule has 5 rings (SSSR count). The molecule has 2 bridgehead atoms. The number of carbonyl (C=O) groups excluding carboxylic acids is 1. The van der Waals surface area contributed by atoms with Crippen molar-refractivity contribution in [3.63, 3.8) is 0 Å². The van der Waals surface area contributed by atoms with E-state index in [2.05, 4.69) is 52.4 Å². The molecule has 1 amide bonds. The zero-order valence-electron chi connectivity index (χ0n) is 19.8. The van der Waals surface area contributed by atoms with Crippen LogP contribution in [0.3, 0.4) is 0 Å². The lowest BCUT2D eigenvalue weighted by Crippen LogP contribution is -2.58. The molecular weight excluding hydrogens is 413 g/mol. The number of likely N-dealkylation sites (N-methyl/N-ethyl adjacent to an activating group) is 1. The van der Waals surface area contributed by atoms with Gasteiger partial charge in [0.2, 0.25) is 5.91 Å². The van der Waals surface area contributed by atoms with Gasteiger partial charge in [-0.1, -0.05) is 62.2 Å². The van der Waals surface area contributed by atoms with E-state index in [9.17, 15) is 9.18 Å². The monoisotopic (exact) mass is 449 g/mol. The smallest absolute Gasteiger partial charge is 0.237 e. The number of benzene rings is 2. The van der Waals surface area contributed by atoms with Gasteiger partial charge in [0.25, 0.3) is 0 Å². The predicted molar refractivity (Wildman–Crippen MR) is 129 cm³/mol. The Morgan fingerprint density at radius 2 is 1.82 bits per heavy atom. The largest absolute Gasteiger partial charge is 0.333 e. The fraction of sp³-hybridized carbons (Fsp3) is 0.536. The van der Waals surface area contributed by atoms with Crippen molar-refractivity contribution >= 4 is 5.91 Å². The molecule has 0 radical (unpaired) electrons. The summed E-state index contributed by atoms with van der Waals surface area (Å²) in [5, 5.41) is 4.02. The second-order valence-electron chi connectivity index (χ2n) is 10.7. The third kappa shape index (κ3) is 4.45. The van der Waals surface area contributed by atoms with Crippen LogP contribution in [0.25, 0.3) is 0 Å². The Balaban J connectivity index is 1.36. The topological polar surface area (TPSA) is 35.6 Å². The predicted octanol–water partition coefficient (Wildman–Crippen LogP) is 4.39. The van der Waals surface area contributed by atoms with Crippen LogP contribution in [0.4, 0.5) is 4.39 Å². The van der Waals surface area contributed by atoms with E-state index in [-0.39, 0.29) is 23.2 Å². The molecule has 176 valence electrons. The average Bonchev–Trinajstić information content (AvgIpc) is 2.95. The Kier molecular flexibility index (Phi) is 6.28. The van der Waals surface area contributed by atoms with Crippen LogP contribution in [0, 0.1) is 11.2 Å². The van der Waals surface area contributed by atoms with Crippen molar-refractivity contribution in [2.24, 2.45) is 5.41 Å². The third-order valence-electron chi connectivity index (χ3n) is 8.36. The van der Waals surface area contributed by atoms with Crippen LogP contribution in [0.15, 0.2) is 54.6 Å². The number of carbonyl (C=O) groups is 1. The summed E-state index contributed by atoms with van der Waals surface area (Å²) in [6.45, 7) is 3.45. The van der Waals surface area contributed by atoms with Gasteiger partial charge in [0, 0.05) is 36.1 Å². The average molecular weight is 450 g/mol. The van der Waals surface area contributed by atoms with E-state index in [1.807, 2.05) is 7.05 Å². The van der Waals surface area contributed by atoms with Crippen LogP contribution >= 0.6 is 0 Å². The summed E-state index contributed by atoms with van der Waals surface area (Å²) < 4.78 is 13.3. The molecule has 1 saturated carbocycles. The van der Waals surface area contributed by atoms with Crippen LogP contribution in [0.1, 0.15) is 50.2 Å². The Hall–Kier alpha value is -2.24. The summed E-state index contributed by atoms with van der Waals surface area (Å²) >= 11 is 0. The first-order valence-corrected chi connectivity index (χ1v) is 12.5. The molecule has 3 aliphatic rings. The molecular formula is C28H36FN3O. The summed E-state index contributed by atoms with van der Waals surface area (Å²) in [5.41, 5.74) is 2.51. The Labute approximate surface area is 197 Å². The number of nitrogens with one attached hydrogen (secondary N) is 1. The Morgan fingerprint density at radius 1 is 1.09 bits per heavy atom. The standard InChI is InChI=1S/C28H36FN3O/c1-28-17-24-23(16-20-8-4-3-5-9-20)30-25(28)10-6-7-11-26(28)32(24)27(33)19-31(2)18-21-12-14-22(29)15-13-21/h3-5,8-9,12-15,23-26,30H,6-7,10-11,16-19H2,1-2H3/t23-,24-,25+,26-,28+/m0/s1. The molecule has 0 unspecified atom stereocenters. The highest BCUT2D eigenvalue weighted by Crippen LogP contribution is 2.52. The van der Waals surface area contributed by atoms with E-state index in [0.29, 0.717) is 31.2 Å². The second-order valence-corrected chi connectivity index (χ2v) is 10.7. The zero-order chi connectivity index (χ0) is 23.0. The van der Waals surface area contributed by atoms with Crippen LogP contribution in [-0.4, -0.2) is 53.5 Å². The van der Waals surface area contributed by atoms with Gasteiger partial charge in [-0.2, -0.15) is 0 Å². The molecule has 2 saturated heterocycles. The minimum Gasteiger partial charge on any atom is -0.333 e. The van der Waals surface area contributed by atoms with E-state index in [1.165, 1.54) is 37.0 Å². The van der Waals surface area contributed by atoms with E-state index >= 15 is 0 Å². The van der Waals surface area contributed by atoms with Crippen molar-refractivity contribution in [3.05, 3.63) is 71.5 Å². The highest BCUT2D eigenvalue weighted by molar-refractivity contribution is 5.80. The lowest BCUT2D eigenvalue weighted by molar-refractivity contribution is -0.136. The number of hydrogen-bond donors (Lipinski definition) is 1. The molecule has 0 spiro atoms. The molecule has 5 atom stereocenters. The quantitative estimate of drug-likeness (QED) is 0.711. The highest BCUT2D eigenvalue weighted by Gasteiger charge is 2.60. The molecule has 2 aromatic rings. The van der Waals surface area contributed by atoms with Gasteiger partial charge in [-0.25, -0.2) is 4.39 Å². The van der Waals surface area contributed by atoms with E-state index in [0.717, 1.165) is 24.8 Å². The van der Waals surface area contributed by atoms with Crippen molar-refractivity contribution in [2.75, 3.05) is 13.6 Å². The van der Waals surface area contributed by atoms with Crippen LogP contribution in [0.2, 0.25) is 0 Å². The SMILES string of the molecule is CN(CC(=O)N1[C@H]2CCCC[C@H]3N[C@@H](Cc4ccccc4)[C@@H]1C[C@@]23C)Cc1ccc(F)cc1. The molecule has 1 N–H and O–H groups in total.